The number of nitrogens with zero attached hydrogens (tertiary/aromatic N) is 2. The average Bonchev–Trinajstić information content (AvgIpc) is 2.80. The number of aromatic nitrogens is 1. The SMILES string of the molecule is O=C(NCc1ccc(F)cc1F)c1cn2c(c(O)c1=O)C(=O)N1C3CCCC[C@H]3CO[C@@H]1C2. The summed E-state index contributed by atoms with van der Waals surface area (Å²) in [5, 5.41) is 13.0. The van der Waals surface area contributed by atoms with E-state index in [4.69, 9.17) is 4.74 Å². The normalized spacial score (nSPS) is 24.0. The number of halogens is 2. The Kier molecular flexibility index (Phi) is 5.40. The van der Waals surface area contributed by atoms with Crippen molar-refractivity contribution in [2.45, 2.75) is 51.0 Å². The summed E-state index contributed by atoms with van der Waals surface area (Å²) in [6.07, 6.45) is 4.58. The van der Waals surface area contributed by atoms with Crippen LogP contribution in [-0.2, 0) is 17.8 Å². The van der Waals surface area contributed by atoms with Crippen LogP contribution in [0.15, 0.2) is 29.2 Å². The second-order valence-electron chi connectivity index (χ2n) is 8.75. The van der Waals surface area contributed by atoms with Crippen LogP contribution in [0.1, 0.15) is 52.1 Å². The van der Waals surface area contributed by atoms with Crippen LogP contribution < -0.4 is 10.7 Å². The first kappa shape index (κ1) is 21.6. The van der Waals surface area contributed by atoms with Crippen molar-refractivity contribution in [2.24, 2.45) is 5.92 Å². The minimum absolute atomic E-state index is 0.00170. The third-order valence-corrected chi connectivity index (χ3v) is 6.78. The molecule has 2 aliphatic heterocycles. The zero-order chi connectivity index (χ0) is 23.3. The quantitative estimate of drug-likeness (QED) is 0.733. The fourth-order valence-electron chi connectivity index (χ4n) is 5.11. The lowest BCUT2D eigenvalue weighted by atomic mass is 9.82. The van der Waals surface area contributed by atoms with Gasteiger partial charge in [0.05, 0.1) is 13.2 Å². The zero-order valence-electron chi connectivity index (χ0n) is 17.7. The molecule has 1 aliphatic carbocycles. The van der Waals surface area contributed by atoms with Crippen LogP contribution in [-0.4, -0.2) is 45.3 Å². The van der Waals surface area contributed by atoms with Gasteiger partial charge in [0.15, 0.2) is 17.7 Å². The highest BCUT2D eigenvalue weighted by Crippen LogP contribution is 2.38. The Morgan fingerprint density at radius 1 is 1.21 bits per heavy atom. The molecule has 0 bridgehead atoms. The summed E-state index contributed by atoms with van der Waals surface area (Å²) in [6, 6.07) is 2.94. The van der Waals surface area contributed by atoms with Crippen LogP contribution in [0, 0.1) is 17.6 Å². The monoisotopic (exact) mass is 459 g/mol. The third-order valence-electron chi connectivity index (χ3n) is 6.78. The van der Waals surface area contributed by atoms with Crippen molar-refractivity contribution in [2.75, 3.05) is 6.61 Å². The first-order valence-electron chi connectivity index (χ1n) is 11.0. The summed E-state index contributed by atoms with van der Waals surface area (Å²) in [7, 11) is 0. The molecule has 1 unspecified atom stereocenters. The molecule has 1 saturated heterocycles. The first-order chi connectivity index (χ1) is 15.8. The van der Waals surface area contributed by atoms with Gasteiger partial charge in [-0.05, 0) is 18.9 Å². The molecule has 3 aliphatic rings. The predicted octanol–water partition coefficient (Wildman–Crippen LogP) is 2.13. The van der Waals surface area contributed by atoms with Gasteiger partial charge in [0, 0.05) is 36.3 Å². The maximum Gasteiger partial charge on any atom is 0.276 e. The first-order valence-corrected chi connectivity index (χ1v) is 11.0. The number of ether oxygens (including phenoxy) is 1. The van der Waals surface area contributed by atoms with E-state index in [1.54, 1.807) is 4.90 Å². The number of carbonyl (C=O) groups excluding carboxylic acids is 2. The van der Waals surface area contributed by atoms with Crippen LogP contribution in [0.25, 0.3) is 0 Å². The molecule has 1 aromatic carbocycles. The predicted molar refractivity (Wildman–Crippen MR) is 112 cm³/mol. The number of carbonyl (C=O) groups is 2. The lowest BCUT2D eigenvalue weighted by Gasteiger charge is -2.50. The van der Waals surface area contributed by atoms with Crippen molar-refractivity contribution in [3.63, 3.8) is 0 Å². The molecule has 8 nitrogen and oxygen atoms in total. The van der Waals surface area contributed by atoms with Gasteiger partial charge in [0.25, 0.3) is 11.8 Å². The van der Waals surface area contributed by atoms with Gasteiger partial charge in [0.2, 0.25) is 5.43 Å². The van der Waals surface area contributed by atoms with E-state index in [9.17, 15) is 28.3 Å². The Bertz CT molecular complexity index is 1200. The van der Waals surface area contributed by atoms with Gasteiger partial charge >= 0.3 is 0 Å². The molecule has 1 aromatic heterocycles. The van der Waals surface area contributed by atoms with Crippen molar-refractivity contribution in [1.29, 1.82) is 0 Å². The number of hydrogen-bond acceptors (Lipinski definition) is 5. The molecule has 0 spiro atoms. The van der Waals surface area contributed by atoms with E-state index in [2.05, 4.69) is 5.32 Å². The maximum absolute atomic E-state index is 13.8. The average molecular weight is 459 g/mol. The minimum Gasteiger partial charge on any atom is -0.503 e. The van der Waals surface area contributed by atoms with Gasteiger partial charge in [-0.1, -0.05) is 18.9 Å². The number of hydrogen-bond donors (Lipinski definition) is 2. The van der Waals surface area contributed by atoms with Gasteiger partial charge in [-0.25, -0.2) is 8.78 Å². The standard InChI is InChI=1S/C23H23F2N3O5/c24-14-6-5-12(16(25)7-14)8-26-22(31)15-9-27-10-18-28(23(32)19(27)21(30)20(15)29)17-4-2-1-3-13(17)11-33-18/h5-7,9,13,17-18,30H,1-4,8,10-11H2,(H,26,31)/t13-,17?,18+/m0/s1. The van der Waals surface area contributed by atoms with E-state index >= 15 is 0 Å². The maximum atomic E-state index is 13.8. The Morgan fingerprint density at radius 2 is 2.00 bits per heavy atom. The molecule has 10 heteroatoms. The molecule has 2 aromatic rings. The Hall–Kier alpha value is -3.27. The number of amides is 2. The van der Waals surface area contributed by atoms with E-state index in [1.807, 2.05) is 0 Å². The summed E-state index contributed by atoms with van der Waals surface area (Å²) >= 11 is 0. The molecule has 174 valence electrons. The summed E-state index contributed by atoms with van der Waals surface area (Å²) in [6.45, 7) is 0.427. The second kappa shape index (κ2) is 8.26. The molecule has 33 heavy (non-hydrogen) atoms. The fourth-order valence-corrected chi connectivity index (χ4v) is 5.11. The number of benzene rings is 1. The van der Waals surface area contributed by atoms with E-state index in [0.29, 0.717) is 12.7 Å². The van der Waals surface area contributed by atoms with Crippen LogP contribution in [0.2, 0.25) is 0 Å². The molecular formula is C23H23F2N3O5. The van der Waals surface area contributed by atoms with Gasteiger partial charge in [-0.3, -0.25) is 14.4 Å². The Balaban J connectivity index is 1.42. The molecule has 1 saturated carbocycles. The Morgan fingerprint density at radius 3 is 2.79 bits per heavy atom. The minimum atomic E-state index is -0.983. The largest absolute Gasteiger partial charge is 0.503 e. The van der Waals surface area contributed by atoms with Gasteiger partial charge in [-0.15, -0.1) is 0 Å². The number of pyridine rings is 1. The van der Waals surface area contributed by atoms with Crippen LogP contribution in [0.3, 0.4) is 0 Å². The highest BCUT2D eigenvalue weighted by atomic mass is 19.1. The summed E-state index contributed by atoms with van der Waals surface area (Å²) in [5.41, 5.74) is -1.49. The van der Waals surface area contributed by atoms with E-state index < -0.39 is 40.9 Å². The lowest BCUT2D eigenvalue weighted by Crippen LogP contribution is -2.61. The summed E-state index contributed by atoms with van der Waals surface area (Å²) in [5.74, 6) is -3.47. The zero-order valence-corrected chi connectivity index (χ0v) is 17.7. The van der Waals surface area contributed by atoms with Crippen molar-refractivity contribution >= 4 is 11.8 Å². The molecule has 2 N–H and O–H groups in total. The molecule has 3 atom stereocenters. The van der Waals surface area contributed by atoms with Crippen molar-refractivity contribution in [3.8, 4) is 5.75 Å². The molecular weight excluding hydrogens is 436 g/mol. The highest BCUT2D eigenvalue weighted by molar-refractivity contribution is 5.99. The molecule has 0 radical (unpaired) electrons. The van der Waals surface area contributed by atoms with E-state index in [-0.39, 0.29) is 41.9 Å². The van der Waals surface area contributed by atoms with Gasteiger partial charge < -0.3 is 24.6 Å². The number of aromatic hydroxyl groups is 1. The van der Waals surface area contributed by atoms with Crippen molar-refractivity contribution in [1.82, 2.24) is 14.8 Å². The van der Waals surface area contributed by atoms with Crippen molar-refractivity contribution < 1.29 is 28.2 Å². The number of nitrogens with one attached hydrogen (secondary N) is 1. The van der Waals surface area contributed by atoms with Gasteiger partial charge in [0.1, 0.15) is 17.2 Å². The van der Waals surface area contributed by atoms with Crippen LogP contribution in [0.5, 0.6) is 5.75 Å². The molecule has 2 fully saturated rings. The molecule has 3 heterocycles. The highest BCUT2D eigenvalue weighted by Gasteiger charge is 2.46. The fraction of sp³-hybridized carbons (Fsp3) is 0.435. The Labute approximate surface area is 187 Å². The van der Waals surface area contributed by atoms with E-state index in [0.717, 1.165) is 31.7 Å². The third kappa shape index (κ3) is 3.68. The topological polar surface area (TPSA) is 101 Å². The molecule has 5 rings (SSSR count). The summed E-state index contributed by atoms with van der Waals surface area (Å²) in [4.78, 5) is 40.3. The van der Waals surface area contributed by atoms with Gasteiger partial charge in [-0.2, -0.15) is 0 Å². The lowest BCUT2D eigenvalue weighted by molar-refractivity contribution is -0.149. The smallest absolute Gasteiger partial charge is 0.276 e. The van der Waals surface area contributed by atoms with Crippen LogP contribution >= 0.6 is 0 Å². The number of fused-ring (bicyclic) bond motifs is 4. The summed E-state index contributed by atoms with van der Waals surface area (Å²) < 4.78 is 34.2. The van der Waals surface area contributed by atoms with E-state index in [1.165, 1.54) is 16.8 Å². The second-order valence-corrected chi connectivity index (χ2v) is 8.75. The van der Waals surface area contributed by atoms with Crippen molar-refractivity contribution in [3.05, 3.63) is 63.1 Å². The molecule has 2 amide bonds. The van der Waals surface area contributed by atoms with Crippen LogP contribution in [0.4, 0.5) is 8.78 Å². The number of rotatable bonds is 3.